The molecule has 5 rings (SSSR count). The van der Waals surface area contributed by atoms with Gasteiger partial charge in [-0.2, -0.15) is 0 Å². The van der Waals surface area contributed by atoms with E-state index in [9.17, 15) is 4.79 Å². The summed E-state index contributed by atoms with van der Waals surface area (Å²) in [7, 11) is 0. The molecule has 0 spiro atoms. The van der Waals surface area contributed by atoms with E-state index in [0.29, 0.717) is 6.42 Å². The van der Waals surface area contributed by atoms with Crippen LogP contribution in [0.3, 0.4) is 0 Å². The lowest BCUT2D eigenvalue weighted by molar-refractivity contribution is -0.107. The number of benzene rings is 2. The summed E-state index contributed by atoms with van der Waals surface area (Å²) in [5, 5.41) is 7.69. The Labute approximate surface area is 162 Å². The first kappa shape index (κ1) is 16.7. The highest BCUT2D eigenvalue weighted by Gasteiger charge is 2.16. The molecule has 3 N–H and O–H groups in total. The van der Waals surface area contributed by atoms with E-state index in [0.717, 1.165) is 83.0 Å². The molecule has 2 aliphatic heterocycles. The molecule has 0 atom stereocenters. The van der Waals surface area contributed by atoms with Crippen molar-refractivity contribution in [2.45, 2.75) is 6.42 Å². The van der Waals surface area contributed by atoms with E-state index < -0.39 is 0 Å². The van der Waals surface area contributed by atoms with Crippen molar-refractivity contribution >= 4 is 28.9 Å². The largest absolute Gasteiger partial charge is 0.368 e. The maximum absolute atomic E-state index is 11.3. The van der Waals surface area contributed by atoms with Gasteiger partial charge in [0, 0.05) is 41.5 Å². The third kappa shape index (κ3) is 2.87. The highest BCUT2D eigenvalue weighted by atomic mass is 16.1. The zero-order chi connectivity index (χ0) is 18.9. The van der Waals surface area contributed by atoms with E-state index in [2.05, 4.69) is 68.1 Å². The molecule has 2 aliphatic rings. The standard InChI is InChI=1S/C22H21N5O/c28-12-7-18-17-6-5-16(22-25-10-11-26-22)13-19(17)27-20(18)14-1-3-15(4-2-14)21-23-8-9-24-21/h1-6,12-13,27H,7-11H2,(H,23,24)(H,25,26). The molecule has 3 heterocycles. The molecule has 0 unspecified atom stereocenters. The lowest BCUT2D eigenvalue weighted by atomic mass is 10.0. The second kappa shape index (κ2) is 6.96. The molecule has 3 aromatic rings. The van der Waals surface area contributed by atoms with E-state index in [-0.39, 0.29) is 0 Å². The van der Waals surface area contributed by atoms with Crippen molar-refractivity contribution in [2.24, 2.45) is 9.98 Å². The predicted molar refractivity (Wildman–Crippen MR) is 112 cm³/mol. The molecular weight excluding hydrogens is 350 g/mol. The molecule has 1 aromatic heterocycles. The van der Waals surface area contributed by atoms with Crippen molar-refractivity contribution in [2.75, 3.05) is 26.2 Å². The Hall–Kier alpha value is -3.41. The smallest absolute Gasteiger partial charge is 0.128 e. The van der Waals surface area contributed by atoms with Gasteiger partial charge in [0.25, 0.3) is 0 Å². The molecule has 0 bridgehead atoms. The first-order chi connectivity index (χ1) is 13.8. The molecule has 0 aliphatic carbocycles. The number of aromatic nitrogens is 1. The van der Waals surface area contributed by atoms with E-state index in [1.807, 2.05) is 0 Å². The predicted octanol–water partition coefficient (Wildman–Crippen LogP) is 2.28. The first-order valence-electron chi connectivity index (χ1n) is 9.59. The number of amidine groups is 2. The molecular formula is C22H21N5O. The number of aliphatic imine (C=N–C) groups is 2. The van der Waals surface area contributed by atoms with Crippen LogP contribution in [-0.4, -0.2) is 49.1 Å². The number of hydrogen-bond acceptors (Lipinski definition) is 5. The Morgan fingerprint density at radius 3 is 2.14 bits per heavy atom. The second-order valence-corrected chi connectivity index (χ2v) is 7.00. The molecule has 6 heteroatoms. The minimum atomic E-state index is 0.379. The highest BCUT2D eigenvalue weighted by molar-refractivity contribution is 6.04. The number of nitrogens with zero attached hydrogens (tertiary/aromatic N) is 2. The maximum atomic E-state index is 11.3. The number of carbonyl (C=O) groups is 1. The quantitative estimate of drug-likeness (QED) is 0.602. The van der Waals surface area contributed by atoms with Crippen LogP contribution >= 0.6 is 0 Å². The Bertz CT molecular complexity index is 1110. The van der Waals surface area contributed by atoms with E-state index in [1.165, 1.54) is 0 Å². The summed E-state index contributed by atoms with van der Waals surface area (Å²) in [5.41, 5.74) is 6.26. The van der Waals surface area contributed by atoms with Gasteiger partial charge in [-0.1, -0.05) is 36.4 Å². The molecule has 0 fully saturated rings. The first-order valence-corrected chi connectivity index (χ1v) is 9.59. The third-order valence-corrected chi connectivity index (χ3v) is 5.26. The fourth-order valence-electron chi connectivity index (χ4n) is 3.92. The SMILES string of the molecule is O=CCc1c(-c2ccc(C3=NCCN3)cc2)[nH]c2cc(C3=NCCN3)ccc12. The van der Waals surface area contributed by atoms with Crippen LogP contribution in [0.15, 0.2) is 52.4 Å². The van der Waals surface area contributed by atoms with Gasteiger partial charge in [0.15, 0.2) is 0 Å². The number of nitrogens with one attached hydrogen (secondary N) is 3. The van der Waals surface area contributed by atoms with Crippen LogP contribution < -0.4 is 10.6 Å². The van der Waals surface area contributed by atoms with Gasteiger partial charge in [0.2, 0.25) is 0 Å². The summed E-state index contributed by atoms with van der Waals surface area (Å²) in [6, 6.07) is 14.6. The molecule has 140 valence electrons. The van der Waals surface area contributed by atoms with Gasteiger partial charge in [0.1, 0.15) is 18.0 Å². The monoisotopic (exact) mass is 371 g/mol. The Morgan fingerprint density at radius 1 is 0.857 bits per heavy atom. The molecule has 0 amide bonds. The van der Waals surface area contributed by atoms with Crippen LogP contribution in [0, 0.1) is 0 Å². The molecule has 2 aromatic carbocycles. The fourth-order valence-corrected chi connectivity index (χ4v) is 3.92. The minimum absolute atomic E-state index is 0.379. The summed E-state index contributed by atoms with van der Waals surface area (Å²) < 4.78 is 0. The van der Waals surface area contributed by atoms with Gasteiger partial charge in [-0.05, 0) is 17.2 Å². The van der Waals surface area contributed by atoms with Crippen LogP contribution in [0.2, 0.25) is 0 Å². The van der Waals surface area contributed by atoms with Crippen molar-refractivity contribution in [3.05, 3.63) is 59.2 Å². The number of fused-ring (bicyclic) bond motifs is 1. The number of H-pyrrole nitrogens is 1. The zero-order valence-electron chi connectivity index (χ0n) is 15.5. The average Bonchev–Trinajstić information content (AvgIpc) is 3.49. The topological polar surface area (TPSA) is 81.6 Å². The summed E-state index contributed by atoms with van der Waals surface area (Å²) in [6.45, 7) is 3.41. The van der Waals surface area contributed by atoms with Gasteiger partial charge in [0.05, 0.1) is 18.8 Å². The lowest BCUT2D eigenvalue weighted by Crippen LogP contribution is -2.19. The maximum Gasteiger partial charge on any atom is 0.128 e. The highest BCUT2D eigenvalue weighted by Crippen LogP contribution is 2.31. The summed E-state index contributed by atoms with van der Waals surface area (Å²) in [4.78, 5) is 23.8. The number of aldehydes is 1. The number of aromatic amines is 1. The summed E-state index contributed by atoms with van der Waals surface area (Å²) in [5.74, 6) is 1.88. The molecule has 0 radical (unpaired) electrons. The van der Waals surface area contributed by atoms with Crippen molar-refractivity contribution in [1.29, 1.82) is 0 Å². The summed E-state index contributed by atoms with van der Waals surface area (Å²) >= 11 is 0. The normalized spacial score (nSPS) is 15.9. The lowest BCUT2D eigenvalue weighted by Gasteiger charge is -2.06. The zero-order valence-corrected chi connectivity index (χ0v) is 15.5. The van der Waals surface area contributed by atoms with Crippen LogP contribution in [-0.2, 0) is 11.2 Å². The number of rotatable bonds is 5. The van der Waals surface area contributed by atoms with Crippen molar-refractivity contribution in [3.63, 3.8) is 0 Å². The Balaban J connectivity index is 1.57. The van der Waals surface area contributed by atoms with Gasteiger partial charge >= 0.3 is 0 Å². The molecule has 0 saturated heterocycles. The van der Waals surface area contributed by atoms with Crippen molar-refractivity contribution in [3.8, 4) is 11.3 Å². The van der Waals surface area contributed by atoms with Crippen LogP contribution in [0.1, 0.15) is 16.7 Å². The average molecular weight is 371 g/mol. The van der Waals surface area contributed by atoms with E-state index in [4.69, 9.17) is 0 Å². The fraction of sp³-hybridized carbons (Fsp3) is 0.227. The third-order valence-electron chi connectivity index (χ3n) is 5.26. The van der Waals surface area contributed by atoms with Gasteiger partial charge in [-0.3, -0.25) is 9.98 Å². The number of carbonyl (C=O) groups excluding carboxylic acids is 1. The molecule has 0 saturated carbocycles. The molecule has 28 heavy (non-hydrogen) atoms. The number of hydrogen-bond donors (Lipinski definition) is 3. The van der Waals surface area contributed by atoms with Crippen LogP contribution in [0.4, 0.5) is 0 Å². The Morgan fingerprint density at radius 2 is 1.50 bits per heavy atom. The van der Waals surface area contributed by atoms with Gasteiger partial charge < -0.3 is 20.4 Å². The second-order valence-electron chi connectivity index (χ2n) is 7.00. The minimum Gasteiger partial charge on any atom is -0.368 e. The van der Waals surface area contributed by atoms with Crippen molar-refractivity contribution < 1.29 is 4.79 Å². The Kier molecular flexibility index (Phi) is 4.16. The van der Waals surface area contributed by atoms with E-state index >= 15 is 0 Å². The van der Waals surface area contributed by atoms with Crippen LogP contribution in [0.25, 0.3) is 22.2 Å². The van der Waals surface area contributed by atoms with E-state index in [1.54, 1.807) is 0 Å². The molecule has 6 nitrogen and oxygen atoms in total. The van der Waals surface area contributed by atoms with Gasteiger partial charge in [-0.25, -0.2) is 0 Å². The van der Waals surface area contributed by atoms with Crippen molar-refractivity contribution in [1.82, 2.24) is 15.6 Å². The summed E-state index contributed by atoms with van der Waals surface area (Å²) in [6.07, 6.45) is 1.35. The van der Waals surface area contributed by atoms with Gasteiger partial charge in [-0.15, -0.1) is 0 Å². The van der Waals surface area contributed by atoms with Crippen LogP contribution in [0.5, 0.6) is 0 Å².